The summed E-state index contributed by atoms with van der Waals surface area (Å²) in [7, 11) is 3.23. The number of methoxy groups -OCH3 is 2. The number of hydrogen-bond donors (Lipinski definition) is 1. The molecular weight excluding hydrogens is 272 g/mol. The average molecular weight is 296 g/mol. The molecule has 0 aliphatic carbocycles. The van der Waals surface area contributed by atoms with Crippen molar-refractivity contribution in [3.63, 3.8) is 0 Å². The highest BCUT2D eigenvalue weighted by molar-refractivity contribution is 5.68. The van der Waals surface area contributed by atoms with E-state index in [1.165, 1.54) is 5.56 Å². The van der Waals surface area contributed by atoms with E-state index >= 15 is 0 Å². The van der Waals surface area contributed by atoms with Crippen molar-refractivity contribution in [3.8, 4) is 5.75 Å². The van der Waals surface area contributed by atoms with Crippen LogP contribution in [0.2, 0.25) is 0 Å². The summed E-state index contributed by atoms with van der Waals surface area (Å²) in [5, 5.41) is 8.74. The number of carboxylic acids is 1. The minimum Gasteiger partial charge on any atom is -0.482 e. The highest BCUT2D eigenvalue weighted by atomic mass is 16.7. The number of carbonyl (C=O) groups is 1. The molecular formula is C16H24O5. The molecule has 0 spiro atoms. The molecule has 0 aromatic heterocycles. The SMILES string of the molecule is CCc1c(C)c(OCC(=O)O)cc(C)c1CC(OC)OC. The molecule has 1 rings (SSSR count). The zero-order valence-electron chi connectivity index (χ0n) is 13.4. The lowest BCUT2D eigenvalue weighted by molar-refractivity contribution is -0.139. The van der Waals surface area contributed by atoms with E-state index in [0.717, 1.165) is 23.1 Å². The molecule has 0 saturated carbocycles. The van der Waals surface area contributed by atoms with E-state index in [1.807, 2.05) is 19.9 Å². The number of carboxylic acid groups (broad SMARTS) is 1. The number of aliphatic carboxylic acids is 1. The van der Waals surface area contributed by atoms with E-state index in [-0.39, 0.29) is 12.9 Å². The van der Waals surface area contributed by atoms with Crippen LogP contribution < -0.4 is 4.74 Å². The monoisotopic (exact) mass is 296 g/mol. The molecule has 0 unspecified atom stereocenters. The lowest BCUT2D eigenvalue weighted by atomic mass is 9.92. The molecule has 0 aliphatic heterocycles. The third-order valence-corrected chi connectivity index (χ3v) is 3.61. The Morgan fingerprint density at radius 3 is 2.33 bits per heavy atom. The van der Waals surface area contributed by atoms with Crippen LogP contribution in [0.5, 0.6) is 5.75 Å². The third kappa shape index (κ3) is 4.44. The van der Waals surface area contributed by atoms with Crippen LogP contribution >= 0.6 is 0 Å². The van der Waals surface area contributed by atoms with Gasteiger partial charge in [0.05, 0.1) is 0 Å². The first-order valence-electron chi connectivity index (χ1n) is 6.96. The fourth-order valence-electron chi connectivity index (χ4n) is 2.49. The molecule has 0 fully saturated rings. The molecule has 5 heteroatoms. The van der Waals surface area contributed by atoms with Crippen molar-refractivity contribution >= 4 is 5.97 Å². The number of benzene rings is 1. The number of ether oxygens (including phenoxy) is 3. The Hall–Kier alpha value is -1.59. The van der Waals surface area contributed by atoms with Crippen molar-refractivity contribution in [2.45, 2.75) is 39.9 Å². The fraction of sp³-hybridized carbons (Fsp3) is 0.562. The van der Waals surface area contributed by atoms with Gasteiger partial charge in [-0.3, -0.25) is 0 Å². The topological polar surface area (TPSA) is 65.0 Å². The molecule has 0 saturated heterocycles. The average Bonchev–Trinajstić information content (AvgIpc) is 2.46. The minimum absolute atomic E-state index is 0.292. The second-order valence-corrected chi connectivity index (χ2v) is 4.91. The van der Waals surface area contributed by atoms with Crippen LogP contribution in [0.3, 0.4) is 0 Å². The molecule has 5 nitrogen and oxygen atoms in total. The first-order valence-corrected chi connectivity index (χ1v) is 6.96. The maximum Gasteiger partial charge on any atom is 0.341 e. The molecule has 0 bridgehead atoms. The van der Waals surface area contributed by atoms with E-state index in [9.17, 15) is 4.79 Å². The fourth-order valence-corrected chi connectivity index (χ4v) is 2.49. The molecule has 21 heavy (non-hydrogen) atoms. The van der Waals surface area contributed by atoms with Crippen molar-refractivity contribution in [3.05, 3.63) is 28.3 Å². The first kappa shape index (κ1) is 17.5. The molecule has 1 aromatic carbocycles. The Labute approximate surface area is 125 Å². The van der Waals surface area contributed by atoms with Crippen LogP contribution in [0.15, 0.2) is 6.07 Å². The summed E-state index contributed by atoms with van der Waals surface area (Å²) in [4.78, 5) is 10.7. The summed E-state index contributed by atoms with van der Waals surface area (Å²) in [6, 6.07) is 1.88. The van der Waals surface area contributed by atoms with Gasteiger partial charge in [0, 0.05) is 20.6 Å². The van der Waals surface area contributed by atoms with Crippen LogP contribution in [0.1, 0.15) is 29.2 Å². The number of hydrogen-bond acceptors (Lipinski definition) is 4. The van der Waals surface area contributed by atoms with Gasteiger partial charge in [-0.2, -0.15) is 0 Å². The maximum atomic E-state index is 10.7. The van der Waals surface area contributed by atoms with Crippen molar-refractivity contribution < 1.29 is 24.1 Å². The zero-order chi connectivity index (χ0) is 16.0. The van der Waals surface area contributed by atoms with Crippen molar-refractivity contribution in [2.24, 2.45) is 0 Å². The highest BCUT2D eigenvalue weighted by Crippen LogP contribution is 2.30. The summed E-state index contributed by atoms with van der Waals surface area (Å²) in [5.41, 5.74) is 4.36. The lowest BCUT2D eigenvalue weighted by Crippen LogP contribution is -2.19. The predicted octanol–water partition coefficient (Wildman–Crippen LogP) is 2.49. The van der Waals surface area contributed by atoms with Gasteiger partial charge in [-0.15, -0.1) is 0 Å². The molecule has 0 amide bonds. The first-order chi connectivity index (χ1) is 9.94. The Morgan fingerprint density at radius 1 is 1.24 bits per heavy atom. The Kier molecular flexibility index (Phi) is 6.65. The van der Waals surface area contributed by atoms with E-state index in [1.54, 1.807) is 14.2 Å². The Morgan fingerprint density at radius 2 is 1.86 bits per heavy atom. The van der Waals surface area contributed by atoms with Gasteiger partial charge in [0.1, 0.15) is 5.75 Å². The Balaban J connectivity index is 3.15. The standard InChI is InChI=1S/C16H24O5/c1-6-12-11(3)14(21-9-15(17)18)7-10(2)13(12)8-16(19-4)20-5/h7,16H,6,8-9H2,1-5H3,(H,17,18). The van der Waals surface area contributed by atoms with Crippen LogP contribution in [-0.4, -0.2) is 38.2 Å². The van der Waals surface area contributed by atoms with E-state index in [2.05, 4.69) is 6.92 Å². The summed E-state index contributed by atoms with van der Waals surface area (Å²) in [6.07, 6.45) is 1.20. The van der Waals surface area contributed by atoms with Gasteiger partial charge in [-0.05, 0) is 48.6 Å². The summed E-state index contributed by atoms with van der Waals surface area (Å²) in [5.74, 6) is -0.352. The van der Waals surface area contributed by atoms with Crippen LogP contribution in [-0.2, 0) is 27.1 Å². The number of aryl methyl sites for hydroxylation is 1. The van der Waals surface area contributed by atoms with E-state index < -0.39 is 5.97 Å². The predicted molar refractivity (Wildman–Crippen MR) is 79.9 cm³/mol. The molecule has 0 radical (unpaired) electrons. The van der Waals surface area contributed by atoms with Gasteiger partial charge in [-0.25, -0.2) is 4.79 Å². The molecule has 1 N–H and O–H groups in total. The van der Waals surface area contributed by atoms with Gasteiger partial charge in [-0.1, -0.05) is 6.92 Å². The summed E-state index contributed by atoms with van der Waals surface area (Å²) >= 11 is 0. The summed E-state index contributed by atoms with van der Waals surface area (Å²) in [6.45, 7) is 5.68. The van der Waals surface area contributed by atoms with Crippen molar-refractivity contribution in [1.82, 2.24) is 0 Å². The number of rotatable bonds is 8. The van der Waals surface area contributed by atoms with E-state index in [4.69, 9.17) is 19.3 Å². The lowest BCUT2D eigenvalue weighted by Gasteiger charge is -2.21. The molecule has 0 heterocycles. The highest BCUT2D eigenvalue weighted by Gasteiger charge is 2.17. The van der Waals surface area contributed by atoms with Gasteiger partial charge < -0.3 is 19.3 Å². The second-order valence-electron chi connectivity index (χ2n) is 4.91. The minimum atomic E-state index is -0.979. The van der Waals surface area contributed by atoms with Gasteiger partial charge in [0.25, 0.3) is 0 Å². The van der Waals surface area contributed by atoms with E-state index in [0.29, 0.717) is 12.2 Å². The normalized spacial score (nSPS) is 11.0. The summed E-state index contributed by atoms with van der Waals surface area (Å²) < 4.78 is 15.9. The maximum absolute atomic E-state index is 10.7. The second kappa shape index (κ2) is 8.00. The largest absolute Gasteiger partial charge is 0.482 e. The van der Waals surface area contributed by atoms with Crippen LogP contribution in [0.4, 0.5) is 0 Å². The molecule has 0 atom stereocenters. The third-order valence-electron chi connectivity index (χ3n) is 3.61. The molecule has 0 aliphatic rings. The van der Waals surface area contributed by atoms with Crippen molar-refractivity contribution in [1.29, 1.82) is 0 Å². The van der Waals surface area contributed by atoms with Gasteiger partial charge >= 0.3 is 5.97 Å². The van der Waals surface area contributed by atoms with Gasteiger partial charge in [0.15, 0.2) is 12.9 Å². The smallest absolute Gasteiger partial charge is 0.341 e. The quantitative estimate of drug-likeness (QED) is 0.747. The molecule has 1 aromatic rings. The van der Waals surface area contributed by atoms with Crippen molar-refractivity contribution in [2.75, 3.05) is 20.8 Å². The van der Waals surface area contributed by atoms with Crippen LogP contribution in [0.25, 0.3) is 0 Å². The molecule has 118 valence electrons. The van der Waals surface area contributed by atoms with Crippen LogP contribution in [0, 0.1) is 13.8 Å². The van der Waals surface area contributed by atoms with Gasteiger partial charge in [0.2, 0.25) is 0 Å². The zero-order valence-corrected chi connectivity index (χ0v) is 13.4. The Bertz CT molecular complexity index is 492.